The molecule has 2 atom stereocenters. The van der Waals surface area contributed by atoms with Crippen molar-refractivity contribution in [3.05, 3.63) is 23.3 Å². The smallest absolute Gasteiger partial charge is 0.123 e. The Kier molecular flexibility index (Phi) is 2.56. The molecule has 2 unspecified atom stereocenters. The first-order valence-electron chi connectivity index (χ1n) is 6.68. The van der Waals surface area contributed by atoms with Gasteiger partial charge in [-0.3, -0.25) is 0 Å². The summed E-state index contributed by atoms with van der Waals surface area (Å²) in [5, 5.41) is 12.5. The summed E-state index contributed by atoms with van der Waals surface area (Å²) in [6.45, 7) is 4.54. The van der Waals surface area contributed by atoms with E-state index in [-0.39, 0.29) is 12.2 Å². The van der Waals surface area contributed by atoms with E-state index < -0.39 is 0 Å². The van der Waals surface area contributed by atoms with Crippen molar-refractivity contribution in [3.63, 3.8) is 0 Å². The van der Waals surface area contributed by atoms with Gasteiger partial charge < -0.3 is 15.2 Å². The van der Waals surface area contributed by atoms with Crippen molar-refractivity contribution in [2.45, 2.75) is 38.2 Å². The Hall–Kier alpha value is -1.22. The van der Waals surface area contributed by atoms with Gasteiger partial charge >= 0.3 is 0 Å². The van der Waals surface area contributed by atoms with Gasteiger partial charge in [0.25, 0.3) is 0 Å². The van der Waals surface area contributed by atoms with Gasteiger partial charge in [0.05, 0.1) is 0 Å². The van der Waals surface area contributed by atoms with E-state index in [1.807, 2.05) is 7.05 Å². The van der Waals surface area contributed by atoms with Crippen LogP contribution in [0.4, 0.5) is 5.69 Å². The van der Waals surface area contributed by atoms with Crippen molar-refractivity contribution in [1.29, 1.82) is 0 Å². The van der Waals surface area contributed by atoms with E-state index in [0.29, 0.717) is 11.8 Å². The zero-order valence-corrected chi connectivity index (χ0v) is 11.3. The Morgan fingerprint density at radius 3 is 2.83 bits per heavy atom. The highest BCUT2D eigenvalue weighted by molar-refractivity contribution is 5.61. The summed E-state index contributed by atoms with van der Waals surface area (Å²) in [4.78, 5) is 0. The van der Waals surface area contributed by atoms with Crippen LogP contribution in [0.25, 0.3) is 0 Å². The molecule has 3 rings (SSSR count). The van der Waals surface area contributed by atoms with E-state index in [1.165, 1.54) is 16.8 Å². The third kappa shape index (κ3) is 1.87. The van der Waals surface area contributed by atoms with Crippen LogP contribution in [0.5, 0.6) is 5.75 Å². The number of aliphatic hydroxyl groups excluding tert-OH is 1. The number of ether oxygens (including phenoxy) is 1. The van der Waals surface area contributed by atoms with Crippen LogP contribution >= 0.6 is 0 Å². The van der Waals surface area contributed by atoms with Gasteiger partial charge in [0.15, 0.2) is 0 Å². The maximum absolute atomic E-state index is 9.23. The van der Waals surface area contributed by atoms with E-state index >= 15 is 0 Å². The molecule has 1 fully saturated rings. The van der Waals surface area contributed by atoms with Gasteiger partial charge in [-0.05, 0) is 49.8 Å². The number of aliphatic hydroxyl groups is 1. The van der Waals surface area contributed by atoms with Crippen LogP contribution in [0.15, 0.2) is 12.1 Å². The predicted octanol–water partition coefficient (Wildman–Crippen LogP) is 2.54. The predicted molar refractivity (Wildman–Crippen MR) is 72.3 cm³/mol. The number of fused-ring (bicyclic) bond motifs is 1. The zero-order valence-electron chi connectivity index (χ0n) is 11.3. The Bertz CT molecular complexity index is 482. The molecule has 0 radical (unpaired) electrons. The van der Waals surface area contributed by atoms with Crippen LogP contribution in [0.3, 0.4) is 0 Å². The van der Waals surface area contributed by atoms with Crippen LogP contribution < -0.4 is 10.1 Å². The third-order valence-corrected chi connectivity index (χ3v) is 4.06. The van der Waals surface area contributed by atoms with Gasteiger partial charge in [-0.2, -0.15) is 0 Å². The fourth-order valence-electron chi connectivity index (χ4n) is 3.02. The molecule has 1 saturated carbocycles. The van der Waals surface area contributed by atoms with Crippen LogP contribution in [0, 0.1) is 5.92 Å². The molecule has 18 heavy (non-hydrogen) atoms. The summed E-state index contributed by atoms with van der Waals surface area (Å²) in [6.07, 6.45) is 2.05. The standard InChI is InChI=1S/C15H21NO2/c1-15(2)7-9-5-13(16-3)12(6-14(9)18-15)11-4-10(11)8-17/h5-6,10-11,16-17H,4,7-8H2,1-3H3. The van der Waals surface area contributed by atoms with Crippen molar-refractivity contribution < 1.29 is 9.84 Å². The minimum absolute atomic E-state index is 0.0914. The lowest BCUT2D eigenvalue weighted by atomic mass is 9.98. The lowest BCUT2D eigenvalue weighted by Gasteiger charge is -2.17. The van der Waals surface area contributed by atoms with Gasteiger partial charge in [0.2, 0.25) is 0 Å². The van der Waals surface area contributed by atoms with E-state index in [2.05, 4.69) is 31.3 Å². The van der Waals surface area contributed by atoms with Gasteiger partial charge in [-0.1, -0.05) is 0 Å². The number of hydrogen-bond donors (Lipinski definition) is 2. The molecular weight excluding hydrogens is 226 g/mol. The lowest BCUT2D eigenvalue weighted by molar-refractivity contribution is 0.138. The van der Waals surface area contributed by atoms with E-state index in [1.54, 1.807) is 0 Å². The van der Waals surface area contributed by atoms with Crippen LogP contribution in [0.1, 0.15) is 37.3 Å². The van der Waals surface area contributed by atoms with E-state index in [4.69, 9.17) is 4.74 Å². The summed E-state index contributed by atoms with van der Waals surface area (Å²) in [7, 11) is 1.96. The quantitative estimate of drug-likeness (QED) is 0.862. The highest BCUT2D eigenvalue weighted by atomic mass is 16.5. The first kappa shape index (κ1) is 11.8. The number of benzene rings is 1. The molecule has 2 N–H and O–H groups in total. The molecule has 0 amide bonds. The van der Waals surface area contributed by atoms with E-state index in [0.717, 1.165) is 18.6 Å². The Labute approximate surface area is 108 Å². The SMILES string of the molecule is CNc1cc2c(cc1C1CC1CO)OC(C)(C)C2. The second-order valence-corrected chi connectivity index (χ2v) is 6.12. The molecule has 3 heteroatoms. The summed E-state index contributed by atoms with van der Waals surface area (Å²) in [5.41, 5.74) is 3.68. The van der Waals surface area contributed by atoms with Crippen molar-refractivity contribution >= 4 is 5.69 Å². The highest BCUT2D eigenvalue weighted by Gasteiger charge is 2.40. The Morgan fingerprint density at radius 2 is 2.22 bits per heavy atom. The third-order valence-electron chi connectivity index (χ3n) is 4.06. The average molecular weight is 247 g/mol. The van der Waals surface area contributed by atoms with Gasteiger partial charge in [0, 0.05) is 31.3 Å². The molecule has 0 saturated heterocycles. The Morgan fingerprint density at radius 1 is 1.44 bits per heavy atom. The summed E-state index contributed by atoms with van der Waals surface area (Å²) in [6, 6.07) is 4.39. The number of nitrogens with one attached hydrogen (secondary N) is 1. The van der Waals surface area contributed by atoms with Crippen molar-refractivity contribution in [2.24, 2.45) is 5.92 Å². The fourth-order valence-corrected chi connectivity index (χ4v) is 3.02. The topological polar surface area (TPSA) is 41.5 Å². The zero-order chi connectivity index (χ0) is 12.9. The molecule has 0 aromatic heterocycles. The maximum Gasteiger partial charge on any atom is 0.123 e. The van der Waals surface area contributed by atoms with Crippen molar-refractivity contribution in [1.82, 2.24) is 0 Å². The largest absolute Gasteiger partial charge is 0.487 e. The molecule has 1 aromatic carbocycles. The monoisotopic (exact) mass is 247 g/mol. The fraction of sp³-hybridized carbons (Fsp3) is 0.600. The first-order chi connectivity index (χ1) is 8.54. The summed E-state index contributed by atoms with van der Waals surface area (Å²) < 4.78 is 5.99. The Balaban J connectivity index is 1.96. The molecule has 1 aromatic rings. The molecule has 0 bridgehead atoms. The van der Waals surface area contributed by atoms with Crippen LogP contribution in [-0.4, -0.2) is 24.4 Å². The lowest BCUT2D eigenvalue weighted by Crippen LogP contribution is -2.24. The van der Waals surface area contributed by atoms with Gasteiger partial charge in [-0.25, -0.2) is 0 Å². The molecule has 1 heterocycles. The van der Waals surface area contributed by atoms with Crippen LogP contribution in [0.2, 0.25) is 0 Å². The minimum atomic E-state index is -0.0914. The van der Waals surface area contributed by atoms with E-state index in [9.17, 15) is 5.11 Å². The average Bonchev–Trinajstić information content (AvgIpc) is 3.03. The molecule has 98 valence electrons. The molecule has 1 aliphatic carbocycles. The second-order valence-electron chi connectivity index (χ2n) is 6.12. The second kappa shape index (κ2) is 3.89. The first-order valence-corrected chi connectivity index (χ1v) is 6.68. The molecular formula is C15H21NO2. The number of rotatable bonds is 3. The minimum Gasteiger partial charge on any atom is -0.487 e. The summed E-state index contributed by atoms with van der Waals surface area (Å²) >= 11 is 0. The molecule has 0 spiro atoms. The summed E-state index contributed by atoms with van der Waals surface area (Å²) in [5.74, 6) is 1.96. The number of hydrogen-bond acceptors (Lipinski definition) is 3. The molecule has 1 aliphatic heterocycles. The number of anilines is 1. The maximum atomic E-state index is 9.23. The highest BCUT2D eigenvalue weighted by Crippen LogP contribution is 2.51. The van der Waals surface area contributed by atoms with Gasteiger partial charge in [-0.15, -0.1) is 0 Å². The van der Waals surface area contributed by atoms with Crippen molar-refractivity contribution in [3.8, 4) is 5.75 Å². The van der Waals surface area contributed by atoms with Gasteiger partial charge in [0.1, 0.15) is 11.4 Å². The molecule has 3 nitrogen and oxygen atoms in total. The van der Waals surface area contributed by atoms with Crippen LogP contribution in [-0.2, 0) is 6.42 Å². The molecule has 2 aliphatic rings. The van der Waals surface area contributed by atoms with Crippen molar-refractivity contribution in [2.75, 3.05) is 19.0 Å². The normalized spacial score (nSPS) is 27.6.